The molecule has 2 aromatic heterocycles. The monoisotopic (exact) mass is 343 g/mol. The molecule has 0 bridgehead atoms. The normalized spacial score (nSPS) is 24.4. The lowest BCUT2D eigenvalue weighted by atomic mass is 9.72. The number of carbonyl (C=O) groups is 1. The predicted octanol–water partition coefficient (Wildman–Crippen LogP) is 2.18. The number of β-lactam (4-membered cyclic amide) rings is 1. The molecule has 0 aromatic carbocycles. The Morgan fingerprint density at radius 3 is 2.71 bits per heavy atom. The molecule has 0 N–H and O–H groups in total. The Morgan fingerprint density at radius 2 is 2.04 bits per heavy atom. The van der Waals surface area contributed by atoms with Crippen molar-refractivity contribution in [1.29, 1.82) is 0 Å². The van der Waals surface area contributed by atoms with Gasteiger partial charge in [0.25, 0.3) is 0 Å². The molecule has 1 atom stereocenters. The van der Waals surface area contributed by atoms with E-state index in [0.717, 1.165) is 49.7 Å². The molecule has 7 heteroatoms. The predicted molar refractivity (Wildman–Crippen MR) is 92.9 cm³/mol. The Balaban J connectivity index is 1.46. The van der Waals surface area contributed by atoms with Crippen molar-refractivity contribution in [2.45, 2.75) is 33.2 Å². The molecule has 0 unspecified atom stereocenters. The number of rotatable bonds is 3. The largest absolute Gasteiger partial charge is 0.297 e. The maximum Gasteiger partial charge on any atom is 0.238 e. The lowest BCUT2D eigenvalue weighted by molar-refractivity contribution is -0.139. The van der Waals surface area contributed by atoms with Crippen LogP contribution < -0.4 is 4.90 Å². The summed E-state index contributed by atoms with van der Waals surface area (Å²) in [7, 11) is 0. The van der Waals surface area contributed by atoms with Gasteiger partial charge in [0.2, 0.25) is 11.9 Å². The second-order valence-corrected chi connectivity index (χ2v) is 8.06. The van der Waals surface area contributed by atoms with Crippen LogP contribution in [0.4, 0.5) is 5.95 Å². The van der Waals surface area contributed by atoms with Gasteiger partial charge in [-0.05, 0) is 39.3 Å². The third kappa shape index (κ3) is 2.61. The van der Waals surface area contributed by atoms with E-state index in [1.165, 1.54) is 4.88 Å². The number of hydrogen-bond acceptors (Lipinski definition) is 6. The molecule has 6 nitrogen and oxygen atoms in total. The molecule has 1 spiro atoms. The van der Waals surface area contributed by atoms with Gasteiger partial charge in [0, 0.05) is 36.9 Å². The zero-order valence-corrected chi connectivity index (χ0v) is 14.8. The highest BCUT2D eigenvalue weighted by Crippen LogP contribution is 2.42. The lowest BCUT2D eigenvalue weighted by Crippen LogP contribution is -2.67. The molecule has 0 radical (unpaired) electrons. The van der Waals surface area contributed by atoms with E-state index in [4.69, 9.17) is 0 Å². The average molecular weight is 343 g/mol. The van der Waals surface area contributed by atoms with Crippen molar-refractivity contribution >= 4 is 23.2 Å². The number of aryl methyl sites for hydroxylation is 2. The third-order valence-electron chi connectivity index (χ3n) is 4.98. The second-order valence-electron chi connectivity index (χ2n) is 6.78. The van der Waals surface area contributed by atoms with Gasteiger partial charge in [-0.25, -0.2) is 15.0 Å². The summed E-state index contributed by atoms with van der Waals surface area (Å²) in [5.41, 5.74) is 0.877. The first-order chi connectivity index (χ1) is 11.6. The molecule has 0 saturated carbocycles. The lowest BCUT2D eigenvalue weighted by Gasteiger charge is -2.52. The van der Waals surface area contributed by atoms with Crippen molar-refractivity contribution in [3.63, 3.8) is 0 Å². The molecule has 0 aliphatic carbocycles. The molecular weight excluding hydrogens is 322 g/mol. The van der Waals surface area contributed by atoms with Crippen LogP contribution in [0.25, 0.3) is 0 Å². The zero-order valence-electron chi connectivity index (χ0n) is 14.0. The van der Waals surface area contributed by atoms with E-state index in [-0.39, 0.29) is 11.3 Å². The molecule has 4 rings (SSSR count). The first-order valence-electron chi connectivity index (χ1n) is 8.32. The molecule has 2 aromatic rings. The van der Waals surface area contributed by atoms with Gasteiger partial charge >= 0.3 is 0 Å². The number of anilines is 1. The number of carbonyl (C=O) groups excluding carboxylic acids is 1. The Kier molecular flexibility index (Phi) is 3.85. The Labute approximate surface area is 145 Å². The highest BCUT2D eigenvalue weighted by Gasteiger charge is 2.55. The minimum absolute atomic E-state index is 0.176. The second kappa shape index (κ2) is 5.89. The van der Waals surface area contributed by atoms with E-state index in [0.29, 0.717) is 5.95 Å². The SMILES string of the molecule is Cc1nc(C)c(CN2CCC[C@@]3(C2)CN(c2ncccn2)C3=O)s1. The van der Waals surface area contributed by atoms with Gasteiger partial charge in [-0.2, -0.15) is 0 Å². The number of nitrogens with zero attached hydrogens (tertiary/aromatic N) is 5. The number of amides is 1. The highest BCUT2D eigenvalue weighted by atomic mass is 32.1. The molecule has 1 amide bonds. The van der Waals surface area contributed by atoms with Crippen molar-refractivity contribution in [2.24, 2.45) is 5.41 Å². The van der Waals surface area contributed by atoms with Crippen LogP contribution in [0.3, 0.4) is 0 Å². The van der Waals surface area contributed by atoms with E-state index in [9.17, 15) is 4.79 Å². The Morgan fingerprint density at radius 1 is 1.25 bits per heavy atom. The molecule has 126 valence electrons. The smallest absolute Gasteiger partial charge is 0.238 e. The quantitative estimate of drug-likeness (QED) is 0.800. The van der Waals surface area contributed by atoms with E-state index < -0.39 is 0 Å². The summed E-state index contributed by atoms with van der Waals surface area (Å²) < 4.78 is 0. The number of likely N-dealkylation sites (tertiary alicyclic amines) is 1. The van der Waals surface area contributed by atoms with Crippen LogP contribution in [0.15, 0.2) is 18.5 Å². The third-order valence-corrected chi connectivity index (χ3v) is 6.03. The summed E-state index contributed by atoms with van der Waals surface area (Å²) in [4.78, 5) is 31.2. The summed E-state index contributed by atoms with van der Waals surface area (Å²) >= 11 is 1.76. The fraction of sp³-hybridized carbons (Fsp3) is 0.529. The standard InChI is InChI=1S/C17H21N5OS/c1-12-14(24-13(2)20-12)9-21-8-3-5-17(10-21)11-22(15(17)23)16-18-6-4-7-19-16/h4,6-7H,3,5,8-11H2,1-2H3/t17-/m1/s1. The summed E-state index contributed by atoms with van der Waals surface area (Å²) in [6.45, 7) is 7.62. The number of thiazole rings is 1. The minimum atomic E-state index is -0.245. The van der Waals surface area contributed by atoms with Gasteiger partial charge < -0.3 is 0 Å². The van der Waals surface area contributed by atoms with Gasteiger partial charge in [0.1, 0.15) is 0 Å². The van der Waals surface area contributed by atoms with E-state index in [2.05, 4.69) is 26.8 Å². The van der Waals surface area contributed by atoms with Crippen molar-refractivity contribution in [3.8, 4) is 0 Å². The number of hydrogen-bond donors (Lipinski definition) is 0. The number of piperidine rings is 1. The Hall–Kier alpha value is -1.86. The Bertz CT molecular complexity index is 762. The van der Waals surface area contributed by atoms with Crippen LogP contribution in [-0.2, 0) is 11.3 Å². The van der Waals surface area contributed by atoms with Crippen molar-refractivity contribution in [2.75, 3.05) is 24.5 Å². The summed E-state index contributed by atoms with van der Waals surface area (Å²) in [5, 5.41) is 1.11. The van der Waals surface area contributed by atoms with Crippen LogP contribution in [0, 0.1) is 19.3 Å². The van der Waals surface area contributed by atoms with Crippen molar-refractivity contribution < 1.29 is 4.79 Å². The van der Waals surface area contributed by atoms with Crippen LogP contribution in [0.1, 0.15) is 28.4 Å². The average Bonchev–Trinajstić information content (AvgIpc) is 2.91. The molecule has 2 fully saturated rings. The molecule has 2 saturated heterocycles. The van der Waals surface area contributed by atoms with Gasteiger partial charge in [-0.1, -0.05) is 0 Å². The van der Waals surface area contributed by atoms with E-state index in [1.807, 2.05) is 6.92 Å². The van der Waals surface area contributed by atoms with Crippen molar-refractivity contribution in [3.05, 3.63) is 34.0 Å². The fourth-order valence-electron chi connectivity index (χ4n) is 3.82. The maximum absolute atomic E-state index is 12.8. The molecule has 4 heterocycles. The van der Waals surface area contributed by atoms with Gasteiger partial charge in [0.15, 0.2) is 0 Å². The summed E-state index contributed by atoms with van der Waals surface area (Å²) in [6, 6.07) is 1.77. The van der Waals surface area contributed by atoms with E-state index in [1.54, 1.807) is 34.7 Å². The topological polar surface area (TPSA) is 62.2 Å². The first kappa shape index (κ1) is 15.7. The fourth-order valence-corrected chi connectivity index (χ4v) is 4.80. The van der Waals surface area contributed by atoms with Crippen LogP contribution in [-0.4, -0.2) is 45.4 Å². The van der Waals surface area contributed by atoms with E-state index >= 15 is 0 Å². The molecule has 2 aliphatic heterocycles. The van der Waals surface area contributed by atoms with Crippen LogP contribution in [0.5, 0.6) is 0 Å². The van der Waals surface area contributed by atoms with Gasteiger partial charge in [-0.15, -0.1) is 11.3 Å². The molecule has 24 heavy (non-hydrogen) atoms. The minimum Gasteiger partial charge on any atom is -0.297 e. The highest BCUT2D eigenvalue weighted by molar-refractivity contribution is 7.11. The van der Waals surface area contributed by atoms with Crippen molar-refractivity contribution in [1.82, 2.24) is 19.9 Å². The van der Waals surface area contributed by atoms with Crippen LogP contribution in [0.2, 0.25) is 0 Å². The van der Waals surface area contributed by atoms with Crippen LogP contribution >= 0.6 is 11.3 Å². The van der Waals surface area contributed by atoms with Gasteiger partial charge in [-0.3, -0.25) is 14.6 Å². The number of aromatic nitrogens is 3. The zero-order chi connectivity index (χ0) is 16.7. The first-order valence-corrected chi connectivity index (χ1v) is 9.13. The summed E-state index contributed by atoms with van der Waals surface area (Å²) in [6.07, 6.45) is 5.39. The maximum atomic E-state index is 12.8. The molecular formula is C17H21N5OS. The molecule has 2 aliphatic rings. The summed E-state index contributed by atoms with van der Waals surface area (Å²) in [5.74, 6) is 0.704. The van der Waals surface area contributed by atoms with Gasteiger partial charge in [0.05, 0.1) is 16.1 Å².